The molecule has 0 aromatic carbocycles. The van der Waals surface area contributed by atoms with Crippen LogP contribution in [0.5, 0.6) is 0 Å². The first-order chi connectivity index (χ1) is 7.13. The lowest BCUT2D eigenvalue weighted by Gasteiger charge is -2.14. The molecular weight excluding hydrogens is 197 g/mol. The summed E-state index contributed by atoms with van der Waals surface area (Å²) >= 11 is 0. The first-order valence-corrected chi connectivity index (χ1v) is 4.79. The minimum absolute atomic E-state index is 0.116. The van der Waals surface area contributed by atoms with Crippen molar-refractivity contribution in [2.45, 2.75) is 19.9 Å². The van der Waals surface area contributed by atoms with Gasteiger partial charge in [0.2, 0.25) is 11.9 Å². The maximum Gasteiger partial charge on any atom is 0.242 e. The minimum Gasteiger partial charge on any atom is -0.374 e. The van der Waals surface area contributed by atoms with Crippen molar-refractivity contribution >= 4 is 11.6 Å². The number of nitrogens with one attached hydrogen (secondary N) is 2. The van der Waals surface area contributed by atoms with Crippen LogP contribution in [-0.2, 0) is 4.79 Å². The van der Waals surface area contributed by atoms with E-state index >= 15 is 0 Å². The Morgan fingerprint density at radius 3 is 3.00 bits per heavy atom. The molecule has 1 heterocycles. The van der Waals surface area contributed by atoms with Crippen LogP contribution in [0.15, 0.2) is 18.3 Å². The van der Waals surface area contributed by atoms with Crippen molar-refractivity contribution in [3.05, 3.63) is 24.3 Å². The lowest BCUT2D eigenvalue weighted by Crippen LogP contribution is -2.37. The maximum atomic E-state index is 12.7. The van der Waals surface area contributed by atoms with Crippen molar-refractivity contribution in [1.82, 2.24) is 10.3 Å². The average Bonchev–Trinajstić information content (AvgIpc) is 2.18. The van der Waals surface area contributed by atoms with Crippen LogP contribution in [-0.4, -0.2) is 23.5 Å². The molecule has 0 bridgehead atoms. The van der Waals surface area contributed by atoms with Gasteiger partial charge in [-0.25, -0.2) is 4.98 Å². The van der Waals surface area contributed by atoms with Crippen molar-refractivity contribution in [2.75, 3.05) is 11.9 Å². The number of halogens is 1. The summed E-state index contributed by atoms with van der Waals surface area (Å²) in [5.74, 6) is -0.683. The van der Waals surface area contributed by atoms with E-state index in [1.54, 1.807) is 13.0 Å². The molecule has 5 heteroatoms. The number of aromatic nitrogens is 1. The second-order valence-electron chi connectivity index (χ2n) is 3.13. The SMILES string of the molecule is CCNC(=O)C(C)Nc1ccnc(F)c1. The van der Waals surface area contributed by atoms with Crippen LogP contribution < -0.4 is 10.6 Å². The smallest absolute Gasteiger partial charge is 0.242 e. The molecule has 1 aromatic heterocycles. The Bertz CT molecular complexity index is 343. The topological polar surface area (TPSA) is 54.0 Å². The van der Waals surface area contributed by atoms with Gasteiger partial charge in [0.15, 0.2) is 0 Å². The van der Waals surface area contributed by atoms with Crippen LogP contribution in [0, 0.1) is 5.95 Å². The fourth-order valence-electron chi connectivity index (χ4n) is 1.14. The van der Waals surface area contributed by atoms with Gasteiger partial charge in [-0.3, -0.25) is 4.79 Å². The Balaban J connectivity index is 2.58. The second kappa shape index (κ2) is 5.29. The van der Waals surface area contributed by atoms with E-state index in [4.69, 9.17) is 0 Å². The Labute approximate surface area is 87.9 Å². The maximum absolute atomic E-state index is 12.7. The van der Waals surface area contributed by atoms with Crippen molar-refractivity contribution in [3.63, 3.8) is 0 Å². The molecule has 82 valence electrons. The summed E-state index contributed by atoms with van der Waals surface area (Å²) in [5, 5.41) is 5.54. The van der Waals surface area contributed by atoms with Gasteiger partial charge < -0.3 is 10.6 Å². The van der Waals surface area contributed by atoms with E-state index < -0.39 is 12.0 Å². The van der Waals surface area contributed by atoms with Gasteiger partial charge in [-0.15, -0.1) is 0 Å². The number of nitrogens with zero attached hydrogens (tertiary/aromatic N) is 1. The molecule has 0 fully saturated rings. The van der Waals surface area contributed by atoms with Gasteiger partial charge in [-0.1, -0.05) is 0 Å². The standard InChI is InChI=1S/C10H14FN3O/c1-3-12-10(15)7(2)14-8-4-5-13-9(11)6-8/h4-7H,3H2,1-2H3,(H,12,15)(H,13,14). The molecule has 1 atom stereocenters. The molecule has 1 unspecified atom stereocenters. The largest absolute Gasteiger partial charge is 0.374 e. The number of carbonyl (C=O) groups excluding carboxylic acids is 1. The molecule has 0 spiro atoms. The van der Waals surface area contributed by atoms with Gasteiger partial charge >= 0.3 is 0 Å². The molecule has 0 radical (unpaired) electrons. The van der Waals surface area contributed by atoms with E-state index in [0.29, 0.717) is 12.2 Å². The fraction of sp³-hybridized carbons (Fsp3) is 0.400. The molecular formula is C10H14FN3O. The van der Waals surface area contributed by atoms with Crippen LogP contribution in [0.4, 0.5) is 10.1 Å². The predicted molar refractivity (Wildman–Crippen MR) is 56.0 cm³/mol. The summed E-state index contributed by atoms with van der Waals surface area (Å²) in [6.07, 6.45) is 1.35. The highest BCUT2D eigenvalue weighted by atomic mass is 19.1. The molecule has 0 saturated heterocycles. The summed E-state index contributed by atoms with van der Waals surface area (Å²) in [7, 11) is 0. The van der Waals surface area contributed by atoms with Crippen LogP contribution >= 0.6 is 0 Å². The first kappa shape index (κ1) is 11.4. The normalized spacial score (nSPS) is 11.9. The number of anilines is 1. The highest BCUT2D eigenvalue weighted by Crippen LogP contribution is 2.08. The number of amides is 1. The lowest BCUT2D eigenvalue weighted by atomic mass is 10.3. The van der Waals surface area contributed by atoms with Crippen LogP contribution in [0.2, 0.25) is 0 Å². The van der Waals surface area contributed by atoms with Crippen molar-refractivity contribution in [2.24, 2.45) is 0 Å². The van der Waals surface area contributed by atoms with E-state index in [2.05, 4.69) is 15.6 Å². The quantitative estimate of drug-likeness (QED) is 0.735. The summed E-state index contributed by atoms with van der Waals surface area (Å²) < 4.78 is 12.7. The van der Waals surface area contributed by atoms with E-state index in [0.717, 1.165) is 0 Å². The summed E-state index contributed by atoms with van der Waals surface area (Å²) in [4.78, 5) is 14.8. The van der Waals surface area contributed by atoms with E-state index in [1.165, 1.54) is 12.3 Å². The Morgan fingerprint density at radius 2 is 2.40 bits per heavy atom. The average molecular weight is 211 g/mol. The number of pyridine rings is 1. The zero-order valence-electron chi connectivity index (χ0n) is 8.75. The molecule has 1 aromatic rings. The highest BCUT2D eigenvalue weighted by molar-refractivity contribution is 5.84. The van der Waals surface area contributed by atoms with Crippen molar-refractivity contribution in [1.29, 1.82) is 0 Å². The van der Waals surface area contributed by atoms with Gasteiger partial charge in [-0.2, -0.15) is 4.39 Å². The third-order valence-corrected chi connectivity index (χ3v) is 1.85. The minimum atomic E-state index is -0.567. The number of hydrogen-bond donors (Lipinski definition) is 2. The molecule has 0 saturated carbocycles. The Kier molecular flexibility index (Phi) is 4.03. The summed E-state index contributed by atoms with van der Waals surface area (Å²) in [5.41, 5.74) is 0.543. The molecule has 0 aliphatic rings. The monoisotopic (exact) mass is 211 g/mol. The van der Waals surface area contributed by atoms with Gasteiger partial charge in [-0.05, 0) is 19.9 Å². The van der Waals surface area contributed by atoms with Gasteiger partial charge in [0.1, 0.15) is 6.04 Å². The molecule has 0 aliphatic heterocycles. The molecule has 15 heavy (non-hydrogen) atoms. The summed E-state index contributed by atoms with van der Waals surface area (Å²) in [6, 6.07) is 2.46. The molecule has 2 N–H and O–H groups in total. The van der Waals surface area contributed by atoms with Crippen LogP contribution in [0.1, 0.15) is 13.8 Å². The third-order valence-electron chi connectivity index (χ3n) is 1.85. The van der Waals surface area contributed by atoms with Crippen molar-refractivity contribution in [3.8, 4) is 0 Å². The van der Waals surface area contributed by atoms with Gasteiger partial charge in [0.05, 0.1) is 0 Å². The summed E-state index contributed by atoms with van der Waals surface area (Å²) in [6.45, 7) is 4.13. The molecule has 1 amide bonds. The van der Waals surface area contributed by atoms with Gasteiger partial charge in [0.25, 0.3) is 0 Å². The number of rotatable bonds is 4. The second-order valence-corrected chi connectivity index (χ2v) is 3.13. The third kappa shape index (κ3) is 3.53. The zero-order valence-corrected chi connectivity index (χ0v) is 8.75. The number of likely N-dealkylation sites (N-methyl/N-ethyl adjacent to an activating group) is 1. The van der Waals surface area contributed by atoms with E-state index in [1.807, 2.05) is 6.92 Å². The van der Waals surface area contributed by atoms with Crippen molar-refractivity contribution < 1.29 is 9.18 Å². The number of carbonyl (C=O) groups is 1. The van der Waals surface area contributed by atoms with E-state index in [-0.39, 0.29) is 5.91 Å². The van der Waals surface area contributed by atoms with E-state index in [9.17, 15) is 9.18 Å². The number of hydrogen-bond acceptors (Lipinski definition) is 3. The van der Waals surface area contributed by atoms with Crippen LogP contribution in [0.25, 0.3) is 0 Å². The van der Waals surface area contributed by atoms with Crippen LogP contribution in [0.3, 0.4) is 0 Å². The predicted octanol–water partition coefficient (Wildman–Crippen LogP) is 1.16. The Morgan fingerprint density at radius 1 is 1.67 bits per heavy atom. The lowest BCUT2D eigenvalue weighted by molar-refractivity contribution is -0.121. The molecule has 4 nitrogen and oxygen atoms in total. The Hall–Kier alpha value is -1.65. The first-order valence-electron chi connectivity index (χ1n) is 4.79. The van der Waals surface area contributed by atoms with Gasteiger partial charge in [0, 0.05) is 24.5 Å². The molecule has 0 aliphatic carbocycles. The zero-order chi connectivity index (χ0) is 11.3. The molecule has 1 rings (SSSR count). The highest BCUT2D eigenvalue weighted by Gasteiger charge is 2.11. The fourth-order valence-corrected chi connectivity index (χ4v) is 1.14.